The predicted octanol–water partition coefficient (Wildman–Crippen LogP) is 1.89. The summed E-state index contributed by atoms with van der Waals surface area (Å²) in [6, 6.07) is 1.98. The lowest BCUT2D eigenvalue weighted by molar-refractivity contribution is -0.0236. The summed E-state index contributed by atoms with van der Waals surface area (Å²) < 4.78 is 38.2. The molecule has 5 nitrogen and oxygen atoms in total. The Kier molecular flexibility index (Phi) is 7.27. The van der Waals surface area contributed by atoms with Crippen LogP contribution in [-0.4, -0.2) is 49.7 Å². The van der Waals surface area contributed by atoms with Gasteiger partial charge in [0.25, 0.3) is 0 Å². The van der Waals surface area contributed by atoms with Crippen molar-refractivity contribution in [1.29, 1.82) is 0 Å². The molecule has 0 radical (unpaired) electrons. The number of hydrogen-bond donors (Lipinski definition) is 3. The summed E-state index contributed by atoms with van der Waals surface area (Å²) in [5, 5.41) is 13.3. The predicted molar refractivity (Wildman–Crippen MR) is 91.1 cm³/mol. The van der Waals surface area contributed by atoms with E-state index in [-0.39, 0.29) is 18.2 Å². The van der Waals surface area contributed by atoms with Crippen molar-refractivity contribution < 1.29 is 23.4 Å². The number of nitrogens with one attached hydrogen (secondary N) is 1. The molecular weight excluding hydrogens is 330 g/mol. The van der Waals surface area contributed by atoms with Crippen LogP contribution in [0.25, 0.3) is 0 Å². The van der Waals surface area contributed by atoms with Gasteiger partial charge in [-0.05, 0) is 43.9 Å². The van der Waals surface area contributed by atoms with E-state index in [2.05, 4.69) is 5.32 Å². The molecule has 1 fully saturated rings. The molecule has 0 saturated heterocycles. The van der Waals surface area contributed by atoms with Gasteiger partial charge in [0.1, 0.15) is 11.6 Å². The van der Waals surface area contributed by atoms with E-state index in [1.54, 1.807) is 21.1 Å². The van der Waals surface area contributed by atoms with E-state index >= 15 is 0 Å². The van der Waals surface area contributed by atoms with Crippen molar-refractivity contribution in [2.45, 2.75) is 62.6 Å². The number of nitrogens with two attached hydrogens (primary N) is 1. The average molecular weight is 358 g/mol. The van der Waals surface area contributed by atoms with Crippen molar-refractivity contribution in [2.75, 3.05) is 14.2 Å². The summed E-state index contributed by atoms with van der Waals surface area (Å²) in [7, 11) is 3.31. The van der Waals surface area contributed by atoms with Crippen molar-refractivity contribution in [2.24, 2.45) is 5.73 Å². The number of benzene rings is 1. The van der Waals surface area contributed by atoms with Crippen molar-refractivity contribution in [3.05, 3.63) is 35.4 Å². The van der Waals surface area contributed by atoms with Crippen LogP contribution < -0.4 is 11.1 Å². The summed E-state index contributed by atoms with van der Waals surface area (Å²) in [4.78, 5) is 0. The third-order valence-corrected chi connectivity index (χ3v) is 4.89. The number of ether oxygens (including phenoxy) is 2. The maximum atomic E-state index is 13.7. The quantitative estimate of drug-likeness (QED) is 0.694. The van der Waals surface area contributed by atoms with Crippen molar-refractivity contribution in [1.82, 2.24) is 5.32 Å². The second kappa shape index (κ2) is 9.00. The van der Waals surface area contributed by atoms with Crippen LogP contribution in [0.2, 0.25) is 0 Å². The van der Waals surface area contributed by atoms with E-state index in [1.165, 1.54) is 12.1 Å². The molecule has 0 spiro atoms. The SMILES string of the molecule is CO[C@@H]1CC(NC(c2cc(F)cc(F)c2)[C@H](N)[C@@H](C)O)C[C@H](OC)C1. The zero-order valence-corrected chi connectivity index (χ0v) is 14.9. The Morgan fingerprint density at radius 2 is 1.60 bits per heavy atom. The molecule has 0 bridgehead atoms. The number of hydrogen-bond acceptors (Lipinski definition) is 5. The van der Waals surface area contributed by atoms with Crippen LogP contribution in [0, 0.1) is 11.6 Å². The summed E-state index contributed by atoms with van der Waals surface area (Å²) in [6.45, 7) is 1.56. The number of halogens is 2. The van der Waals surface area contributed by atoms with Crippen LogP contribution in [0.5, 0.6) is 0 Å². The van der Waals surface area contributed by atoms with Crippen LogP contribution in [0.4, 0.5) is 8.78 Å². The minimum atomic E-state index is -0.844. The number of methoxy groups -OCH3 is 2. The molecule has 0 heterocycles. The van der Waals surface area contributed by atoms with E-state index in [4.69, 9.17) is 15.2 Å². The lowest BCUT2D eigenvalue weighted by atomic mass is 9.87. The molecule has 1 aliphatic rings. The normalized spacial score (nSPS) is 27.7. The fourth-order valence-electron chi connectivity index (χ4n) is 3.45. The van der Waals surface area contributed by atoms with Crippen LogP contribution in [0.15, 0.2) is 18.2 Å². The largest absolute Gasteiger partial charge is 0.392 e. The molecule has 0 aliphatic heterocycles. The lowest BCUT2D eigenvalue weighted by Crippen LogP contribution is -2.51. The van der Waals surface area contributed by atoms with Crippen molar-refractivity contribution in [3.63, 3.8) is 0 Å². The summed E-state index contributed by atoms with van der Waals surface area (Å²) in [6.07, 6.45) is 1.48. The fourth-order valence-corrected chi connectivity index (χ4v) is 3.45. The third-order valence-electron chi connectivity index (χ3n) is 4.89. The molecule has 7 heteroatoms. The molecule has 6 atom stereocenters. The van der Waals surface area contributed by atoms with Gasteiger partial charge >= 0.3 is 0 Å². The molecule has 0 aromatic heterocycles. The van der Waals surface area contributed by atoms with Crippen LogP contribution in [0.3, 0.4) is 0 Å². The van der Waals surface area contributed by atoms with Crippen LogP contribution in [-0.2, 0) is 9.47 Å². The average Bonchev–Trinajstić information content (AvgIpc) is 2.57. The highest BCUT2D eigenvalue weighted by Crippen LogP contribution is 2.28. The minimum absolute atomic E-state index is 0.00946. The first kappa shape index (κ1) is 20.2. The Labute approximate surface area is 147 Å². The standard InChI is InChI=1S/C18H28F2N2O3/c1-10(23)17(21)18(11-4-12(19)6-13(20)5-11)22-14-7-15(24-2)9-16(8-14)25-3/h4-6,10,14-18,22-23H,7-9,21H2,1-3H3/t10-,14?,15-,16+,17-,18?/m1/s1. The molecule has 25 heavy (non-hydrogen) atoms. The molecule has 1 aliphatic carbocycles. The molecule has 1 aromatic rings. The van der Waals surface area contributed by atoms with E-state index < -0.39 is 29.8 Å². The zero-order valence-electron chi connectivity index (χ0n) is 14.9. The van der Waals surface area contributed by atoms with E-state index in [0.717, 1.165) is 25.3 Å². The molecule has 1 saturated carbocycles. The summed E-state index contributed by atoms with van der Waals surface area (Å²) >= 11 is 0. The van der Waals surface area contributed by atoms with E-state index in [9.17, 15) is 13.9 Å². The first-order valence-electron chi connectivity index (χ1n) is 8.55. The van der Waals surface area contributed by atoms with Gasteiger partial charge in [-0.1, -0.05) is 0 Å². The monoisotopic (exact) mass is 358 g/mol. The van der Waals surface area contributed by atoms with E-state index in [0.29, 0.717) is 5.56 Å². The first-order valence-corrected chi connectivity index (χ1v) is 8.55. The second-order valence-corrected chi connectivity index (χ2v) is 6.78. The van der Waals surface area contributed by atoms with Gasteiger partial charge in [0, 0.05) is 32.4 Å². The van der Waals surface area contributed by atoms with Crippen molar-refractivity contribution in [3.8, 4) is 0 Å². The van der Waals surface area contributed by atoms with Gasteiger partial charge in [-0.2, -0.15) is 0 Å². The molecule has 4 N–H and O–H groups in total. The molecule has 0 amide bonds. The molecule has 142 valence electrons. The van der Waals surface area contributed by atoms with Gasteiger partial charge in [-0.3, -0.25) is 0 Å². The lowest BCUT2D eigenvalue weighted by Gasteiger charge is -2.38. The molecule has 2 unspecified atom stereocenters. The Morgan fingerprint density at radius 3 is 2.04 bits per heavy atom. The van der Waals surface area contributed by atoms with Gasteiger partial charge in [0.2, 0.25) is 0 Å². The molecule has 2 rings (SSSR count). The molecular formula is C18H28F2N2O3. The second-order valence-electron chi connectivity index (χ2n) is 6.78. The van der Waals surface area contributed by atoms with Crippen LogP contribution >= 0.6 is 0 Å². The number of aliphatic hydroxyl groups excluding tert-OH is 1. The van der Waals surface area contributed by atoms with Gasteiger partial charge in [0.05, 0.1) is 24.4 Å². The highest BCUT2D eigenvalue weighted by atomic mass is 19.1. The van der Waals surface area contributed by atoms with Gasteiger partial charge in [-0.25, -0.2) is 8.78 Å². The summed E-state index contributed by atoms with van der Waals surface area (Å²) in [5.74, 6) is -1.35. The van der Waals surface area contributed by atoms with Crippen LogP contribution in [0.1, 0.15) is 37.8 Å². The van der Waals surface area contributed by atoms with Gasteiger partial charge in [-0.15, -0.1) is 0 Å². The Hall–Kier alpha value is -1.12. The highest BCUT2D eigenvalue weighted by molar-refractivity contribution is 5.23. The van der Waals surface area contributed by atoms with Crippen molar-refractivity contribution >= 4 is 0 Å². The number of rotatable bonds is 7. The van der Waals surface area contributed by atoms with Gasteiger partial charge in [0.15, 0.2) is 0 Å². The zero-order chi connectivity index (χ0) is 18.6. The smallest absolute Gasteiger partial charge is 0.126 e. The summed E-state index contributed by atoms with van der Waals surface area (Å²) in [5.41, 5.74) is 6.50. The van der Waals surface area contributed by atoms with E-state index in [1.807, 2.05) is 0 Å². The highest BCUT2D eigenvalue weighted by Gasteiger charge is 2.33. The number of aliphatic hydroxyl groups is 1. The first-order chi connectivity index (χ1) is 11.8. The Balaban J connectivity index is 2.23. The maximum absolute atomic E-state index is 13.7. The maximum Gasteiger partial charge on any atom is 0.126 e. The Bertz CT molecular complexity index is 527. The third kappa shape index (κ3) is 5.43. The molecule has 1 aromatic carbocycles. The Morgan fingerprint density at radius 1 is 1.08 bits per heavy atom. The minimum Gasteiger partial charge on any atom is -0.392 e. The topological polar surface area (TPSA) is 76.7 Å². The van der Waals surface area contributed by atoms with Gasteiger partial charge < -0.3 is 25.6 Å². The fraction of sp³-hybridized carbons (Fsp3) is 0.667.